The van der Waals surface area contributed by atoms with Crippen LogP contribution in [0.5, 0.6) is 5.75 Å². The van der Waals surface area contributed by atoms with Gasteiger partial charge < -0.3 is 4.74 Å². The Morgan fingerprint density at radius 1 is 0.848 bits per heavy atom. The maximum absolute atomic E-state index is 13.8. The van der Waals surface area contributed by atoms with Crippen molar-refractivity contribution < 1.29 is 19.1 Å². The number of Topliss-reactive ketones (excluding diaryl/α,β-unsaturated/α-hetero) is 2. The van der Waals surface area contributed by atoms with E-state index in [1.165, 1.54) is 0 Å². The standard InChI is InChI=1S/C27H22Br2O4/c1-15(2)22(25(30)17-8-10-18(28)11-9-17)23-20-14-19(29)12-13-21(20)33-27(32)24(23)26(31)16-6-4-3-5-7-16/h3-15,22-24H,1-2H3/t22-,23-,24+/m1/s1. The van der Waals surface area contributed by atoms with E-state index in [0.717, 1.165) is 8.95 Å². The van der Waals surface area contributed by atoms with Crippen molar-refractivity contribution in [2.45, 2.75) is 19.8 Å². The number of esters is 1. The number of rotatable bonds is 6. The van der Waals surface area contributed by atoms with Crippen molar-refractivity contribution >= 4 is 49.4 Å². The average Bonchev–Trinajstić information content (AvgIpc) is 2.80. The summed E-state index contributed by atoms with van der Waals surface area (Å²) in [6.45, 7) is 3.89. The second kappa shape index (κ2) is 9.74. The lowest BCUT2D eigenvalue weighted by Crippen LogP contribution is -2.43. The van der Waals surface area contributed by atoms with Crippen LogP contribution in [0.4, 0.5) is 0 Å². The molecule has 0 N–H and O–H groups in total. The summed E-state index contributed by atoms with van der Waals surface area (Å²) in [5.41, 5.74) is 1.64. The molecule has 4 rings (SSSR count). The fraction of sp³-hybridized carbons (Fsp3) is 0.222. The molecule has 3 aromatic carbocycles. The van der Waals surface area contributed by atoms with Crippen LogP contribution < -0.4 is 4.74 Å². The van der Waals surface area contributed by atoms with E-state index in [-0.39, 0.29) is 17.5 Å². The Morgan fingerprint density at radius 3 is 2.12 bits per heavy atom. The Hall–Kier alpha value is -2.57. The number of fused-ring (bicyclic) bond motifs is 1. The van der Waals surface area contributed by atoms with Crippen LogP contribution in [0.25, 0.3) is 0 Å². The van der Waals surface area contributed by atoms with E-state index in [0.29, 0.717) is 22.4 Å². The summed E-state index contributed by atoms with van der Waals surface area (Å²) >= 11 is 6.90. The zero-order valence-electron chi connectivity index (χ0n) is 18.1. The lowest BCUT2D eigenvalue weighted by Gasteiger charge is -2.37. The van der Waals surface area contributed by atoms with Crippen LogP contribution in [-0.2, 0) is 4.79 Å². The molecule has 0 saturated heterocycles. The number of hydrogen-bond donors (Lipinski definition) is 0. The topological polar surface area (TPSA) is 60.4 Å². The van der Waals surface area contributed by atoms with E-state index >= 15 is 0 Å². The van der Waals surface area contributed by atoms with Gasteiger partial charge in [-0.1, -0.05) is 88.2 Å². The minimum absolute atomic E-state index is 0.103. The third-order valence-corrected chi connectivity index (χ3v) is 7.05. The first-order valence-electron chi connectivity index (χ1n) is 10.7. The van der Waals surface area contributed by atoms with E-state index in [1.54, 1.807) is 48.5 Å². The van der Waals surface area contributed by atoms with Crippen LogP contribution in [0.2, 0.25) is 0 Å². The van der Waals surface area contributed by atoms with Gasteiger partial charge in [-0.05, 0) is 36.2 Å². The van der Waals surface area contributed by atoms with Gasteiger partial charge in [0, 0.05) is 37.5 Å². The minimum Gasteiger partial charge on any atom is -0.426 e. The van der Waals surface area contributed by atoms with E-state index in [1.807, 2.05) is 38.1 Å². The second-order valence-corrected chi connectivity index (χ2v) is 10.3. The number of halogens is 2. The van der Waals surface area contributed by atoms with Crippen LogP contribution >= 0.6 is 31.9 Å². The van der Waals surface area contributed by atoms with Gasteiger partial charge >= 0.3 is 5.97 Å². The summed E-state index contributed by atoms with van der Waals surface area (Å²) < 4.78 is 7.26. The monoisotopic (exact) mass is 568 g/mol. The number of benzene rings is 3. The number of carbonyl (C=O) groups excluding carboxylic acids is 3. The Labute approximate surface area is 209 Å². The van der Waals surface area contributed by atoms with Gasteiger partial charge in [-0.2, -0.15) is 0 Å². The molecule has 33 heavy (non-hydrogen) atoms. The lowest BCUT2D eigenvalue weighted by atomic mass is 9.66. The van der Waals surface area contributed by atoms with Crippen molar-refractivity contribution in [2.75, 3.05) is 0 Å². The third kappa shape index (κ3) is 4.73. The molecule has 168 valence electrons. The first-order chi connectivity index (χ1) is 15.8. The molecule has 4 nitrogen and oxygen atoms in total. The maximum Gasteiger partial charge on any atom is 0.322 e. The van der Waals surface area contributed by atoms with Crippen LogP contribution in [-0.4, -0.2) is 17.5 Å². The number of ketones is 2. The number of carbonyl (C=O) groups is 3. The van der Waals surface area contributed by atoms with Crippen molar-refractivity contribution in [3.05, 3.63) is 98.4 Å². The van der Waals surface area contributed by atoms with E-state index in [4.69, 9.17) is 4.74 Å². The molecule has 6 heteroatoms. The zero-order chi connectivity index (χ0) is 23.7. The highest BCUT2D eigenvalue weighted by molar-refractivity contribution is 9.10. The predicted molar refractivity (Wildman–Crippen MR) is 134 cm³/mol. The van der Waals surface area contributed by atoms with E-state index < -0.39 is 23.7 Å². The highest BCUT2D eigenvalue weighted by Gasteiger charge is 2.49. The zero-order valence-corrected chi connectivity index (χ0v) is 21.3. The summed E-state index contributed by atoms with van der Waals surface area (Å²) in [6.07, 6.45) is 0. The highest BCUT2D eigenvalue weighted by Crippen LogP contribution is 2.47. The van der Waals surface area contributed by atoms with Gasteiger partial charge in [-0.25, -0.2) is 0 Å². The first-order valence-corrected chi connectivity index (χ1v) is 12.3. The van der Waals surface area contributed by atoms with Gasteiger partial charge in [0.1, 0.15) is 11.7 Å². The molecule has 1 aliphatic heterocycles. The van der Waals surface area contributed by atoms with Gasteiger partial charge in [0.15, 0.2) is 11.6 Å². The molecule has 0 bridgehead atoms. The van der Waals surface area contributed by atoms with Crippen molar-refractivity contribution in [3.8, 4) is 5.75 Å². The molecule has 1 heterocycles. The summed E-state index contributed by atoms with van der Waals surface area (Å²) in [6, 6.07) is 21.2. The van der Waals surface area contributed by atoms with Gasteiger partial charge in [0.05, 0.1) is 0 Å². The van der Waals surface area contributed by atoms with Gasteiger partial charge in [0.2, 0.25) is 0 Å². The minimum atomic E-state index is -1.12. The van der Waals surface area contributed by atoms with Crippen LogP contribution in [0.3, 0.4) is 0 Å². The Bertz CT molecular complexity index is 1200. The molecular formula is C27H22Br2O4. The second-order valence-electron chi connectivity index (χ2n) is 8.48. The summed E-state index contributed by atoms with van der Waals surface area (Å²) in [4.78, 5) is 40.7. The first kappa shape index (κ1) is 23.6. The molecule has 1 aliphatic rings. The van der Waals surface area contributed by atoms with Crippen LogP contribution in [0, 0.1) is 17.8 Å². The largest absolute Gasteiger partial charge is 0.426 e. The predicted octanol–water partition coefficient (Wildman–Crippen LogP) is 6.87. The number of ether oxygens (including phenoxy) is 1. The number of hydrogen-bond acceptors (Lipinski definition) is 4. The molecule has 0 saturated carbocycles. The quantitative estimate of drug-likeness (QED) is 0.141. The average molecular weight is 570 g/mol. The molecule has 0 unspecified atom stereocenters. The molecule has 3 aromatic rings. The summed E-state index contributed by atoms with van der Waals surface area (Å²) in [5.74, 6) is -3.21. The molecule has 0 spiro atoms. The Kier molecular flexibility index (Phi) is 6.96. The summed E-state index contributed by atoms with van der Waals surface area (Å²) in [5, 5.41) is 0. The summed E-state index contributed by atoms with van der Waals surface area (Å²) in [7, 11) is 0. The van der Waals surface area contributed by atoms with E-state index in [2.05, 4.69) is 31.9 Å². The van der Waals surface area contributed by atoms with E-state index in [9.17, 15) is 14.4 Å². The van der Waals surface area contributed by atoms with Crippen LogP contribution in [0.15, 0.2) is 81.7 Å². The molecule has 0 fully saturated rings. The molecule has 0 aromatic heterocycles. The van der Waals surface area contributed by atoms with Crippen molar-refractivity contribution in [2.24, 2.45) is 17.8 Å². The van der Waals surface area contributed by atoms with Gasteiger partial charge in [-0.15, -0.1) is 0 Å². The highest BCUT2D eigenvalue weighted by atomic mass is 79.9. The molecule has 3 atom stereocenters. The lowest BCUT2D eigenvalue weighted by molar-refractivity contribution is -0.139. The fourth-order valence-electron chi connectivity index (χ4n) is 4.51. The van der Waals surface area contributed by atoms with Crippen molar-refractivity contribution in [1.82, 2.24) is 0 Å². The SMILES string of the molecule is CC(C)[C@@H](C(=O)c1ccc(Br)cc1)[C@H]1c2cc(Br)ccc2OC(=O)[C@@H]1C(=O)c1ccccc1. The molecule has 0 radical (unpaired) electrons. The third-order valence-electron chi connectivity index (χ3n) is 6.03. The van der Waals surface area contributed by atoms with Crippen molar-refractivity contribution in [1.29, 1.82) is 0 Å². The normalized spacial score (nSPS) is 18.4. The van der Waals surface area contributed by atoms with Crippen molar-refractivity contribution in [3.63, 3.8) is 0 Å². The smallest absolute Gasteiger partial charge is 0.322 e. The van der Waals surface area contributed by atoms with Gasteiger partial charge in [0.25, 0.3) is 0 Å². The Balaban J connectivity index is 1.89. The van der Waals surface area contributed by atoms with Gasteiger partial charge in [-0.3, -0.25) is 14.4 Å². The molecular weight excluding hydrogens is 548 g/mol. The molecule has 0 amide bonds. The maximum atomic E-state index is 13.8. The van der Waals surface area contributed by atoms with Crippen LogP contribution in [0.1, 0.15) is 46.0 Å². The Morgan fingerprint density at radius 2 is 1.48 bits per heavy atom. The fourth-order valence-corrected chi connectivity index (χ4v) is 5.15. The molecule has 0 aliphatic carbocycles.